The van der Waals surface area contributed by atoms with E-state index in [0.717, 1.165) is 17.8 Å². The Bertz CT molecular complexity index is 383. The van der Waals surface area contributed by atoms with Crippen LogP contribution in [0.4, 0.5) is 0 Å². The standard InChI is InChI=1S/C14H25N.C12H26/c1-3-13-7-9-15(10-8-13)11-12(2)14-5-4-6-14;1-5-8-12(7-3)10-9-11(4)6-2/h13H,3-11H2,1-2H3;11-12H,5-10H2,1-4H3. The summed E-state index contributed by atoms with van der Waals surface area (Å²) in [5, 5.41) is 0. The largest absolute Gasteiger partial charge is 0.299 e. The normalized spacial score (nSPS) is 20.4. The van der Waals surface area contributed by atoms with E-state index in [9.17, 15) is 0 Å². The van der Waals surface area contributed by atoms with Crippen molar-refractivity contribution in [2.24, 2.45) is 17.8 Å². The second kappa shape index (κ2) is 14.7. The summed E-state index contributed by atoms with van der Waals surface area (Å²) >= 11 is 0. The molecule has 0 N–H and O–H groups in total. The van der Waals surface area contributed by atoms with Crippen LogP contribution in [0.25, 0.3) is 0 Å². The lowest BCUT2D eigenvalue weighted by Gasteiger charge is -2.33. The Kier molecular flexibility index (Phi) is 13.4. The maximum Gasteiger partial charge on any atom is 0.0192 e. The van der Waals surface area contributed by atoms with Crippen molar-refractivity contribution in [3.05, 3.63) is 11.1 Å². The molecule has 1 saturated heterocycles. The predicted octanol–water partition coefficient (Wildman–Crippen LogP) is 8.25. The number of allylic oxidation sites excluding steroid dienone is 1. The SMILES string of the molecule is CCC1CCN(CC(C)=C2CCC2)CC1.CCCC(CC)CCC(C)CC. The predicted molar refractivity (Wildman–Crippen MR) is 123 cm³/mol. The summed E-state index contributed by atoms with van der Waals surface area (Å²) in [7, 11) is 0. The monoisotopic (exact) mass is 377 g/mol. The first-order valence-electron chi connectivity index (χ1n) is 12.4. The van der Waals surface area contributed by atoms with Crippen molar-refractivity contribution in [2.45, 2.75) is 119 Å². The maximum atomic E-state index is 2.66. The fourth-order valence-electron chi connectivity index (χ4n) is 4.47. The van der Waals surface area contributed by atoms with Gasteiger partial charge in [0.05, 0.1) is 0 Å². The van der Waals surface area contributed by atoms with Gasteiger partial charge in [0.2, 0.25) is 0 Å². The van der Waals surface area contributed by atoms with Crippen LogP contribution >= 0.6 is 0 Å². The van der Waals surface area contributed by atoms with Crippen molar-refractivity contribution < 1.29 is 0 Å². The van der Waals surface area contributed by atoms with Crippen LogP contribution in [0.1, 0.15) is 119 Å². The first-order valence-corrected chi connectivity index (χ1v) is 12.4. The molecule has 1 nitrogen and oxygen atoms in total. The molecule has 0 aromatic heterocycles. The summed E-state index contributed by atoms with van der Waals surface area (Å²) in [6, 6.07) is 0. The van der Waals surface area contributed by atoms with Gasteiger partial charge >= 0.3 is 0 Å². The average molecular weight is 378 g/mol. The molecule has 1 heterocycles. The molecule has 1 heteroatoms. The van der Waals surface area contributed by atoms with Crippen LogP contribution in [-0.4, -0.2) is 24.5 Å². The molecular formula is C26H51N. The molecule has 160 valence electrons. The maximum absolute atomic E-state index is 2.66. The van der Waals surface area contributed by atoms with Crippen LogP contribution in [0.3, 0.4) is 0 Å². The molecule has 27 heavy (non-hydrogen) atoms. The summed E-state index contributed by atoms with van der Waals surface area (Å²) in [5.74, 6) is 2.96. The molecule has 2 fully saturated rings. The van der Waals surface area contributed by atoms with Crippen LogP contribution in [0.5, 0.6) is 0 Å². The molecule has 0 aromatic rings. The Labute approximate surface area is 172 Å². The molecular weight excluding hydrogens is 326 g/mol. The topological polar surface area (TPSA) is 3.24 Å². The van der Waals surface area contributed by atoms with Crippen molar-refractivity contribution in [1.82, 2.24) is 4.90 Å². The van der Waals surface area contributed by atoms with Crippen molar-refractivity contribution in [2.75, 3.05) is 19.6 Å². The van der Waals surface area contributed by atoms with Crippen LogP contribution < -0.4 is 0 Å². The van der Waals surface area contributed by atoms with Crippen molar-refractivity contribution in [3.8, 4) is 0 Å². The minimum absolute atomic E-state index is 0.941. The highest BCUT2D eigenvalue weighted by molar-refractivity contribution is 5.19. The van der Waals surface area contributed by atoms with E-state index in [1.807, 2.05) is 0 Å². The van der Waals surface area contributed by atoms with Crippen molar-refractivity contribution in [1.29, 1.82) is 0 Å². The molecule has 0 radical (unpaired) electrons. The van der Waals surface area contributed by atoms with Gasteiger partial charge in [0.25, 0.3) is 0 Å². The highest BCUT2D eigenvalue weighted by Gasteiger charge is 2.19. The van der Waals surface area contributed by atoms with Gasteiger partial charge in [-0.05, 0) is 69.9 Å². The highest BCUT2D eigenvalue weighted by atomic mass is 15.1. The molecule has 1 saturated carbocycles. The van der Waals surface area contributed by atoms with Crippen LogP contribution in [0, 0.1) is 17.8 Å². The zero-order chi connectivity index (χ0) is 20.1. The van der Waals surface area contributed by atoms with Gasteiger partial charge in [-0.15, -0.1) is 0 Å². The number of likely N-dealkylation sites (tertiary alicyclic amines) is 1. The molecule has 0 spiro atoms. The second-order valence-corrected chi connectivity index (χ2v) is 9.52. The smallest absolute Gasteiger partial charge is 0.0192 e. The average Bonchev–Trinajstić information content (AvgIpc) is 2.64. The van der Waals surface area contributed by atoms with Gasteiger partial charge < -0.3 is 0 Å². The van der Waals surface area contributed by atoms with Gasteiger partial charge in [-0.2, -0.15) is 0 Å². The van der Waals surface area contributed by atoms with Gasteiger partial charge in [-0.25, -0.2) is 0 Å². The molecule has 2 aliphatic rings. The summed E-state index contributed by atoms with van der Waals surface area (Å²) in [4.78, 5) is 2.66. The number of hydrogen-bond donors (Lipinski definition) is 0. The third kappa shape index (κ3) is 10.2. The van der Waals surface area contributed by atoms with E-state index in [0.29, 0.717) is 0 Å². The molecule has 1 aliphatic carbocycles. The zero-order valence-electron chi connectivity index (χ0n) is 19.8. The van der Waals surface area contributed by atoms with Gasteiger partial charge in [0.15, 0.2) is 0 Å². The Morgan fingerprint density at radius 3 is 2.07 bits per heavy atom. The van der Waals surface area contributed by atoms with E-state index in [-0.39, 0.29) is 0 Å². The highest BCUT2D eigenvalue weighted by Crippen LogP contribution is 2.29. The zero-order valence-corrected chi connectivity index (χ0v) is 19.8. The van der Waals surface area contributed by atoms with E-state index in [1.54, 1.807) is 11.1 Å². The number of piperidine rings is 1. The van der Waals surface area contributed by atoms with E-state index >= 15 is 0 Å². The van der Waals surface area contributed by atoms with Crippen LogP contribution in [-0.2, 0) is 0 Å². The molecule has 2 rings (SSSR count). The summed E-state index contributed by atoms with van der Waals surface area (Å²) in [6.07, 6.45) is 16.9. The lowest BCUT2D eigenvalue weighted by atomic mass is 9.88. The lowest BCUT2D eigenvalue weighted by molar-refractivity contribution is 0.193. The van der Waals surface area contributed by atoms with E-state index in [1.165, 1.54) is 96.7 Å². The molecule has 0 amide bonds. The molecule has 0 bridgehead atoms. The number of hydrogen-bond acceptors (Lipinski definition) is 1. The Hall–Kier alpha value is -0.300. The minimum atomic E-state index is 0.941. The summed E-state index contributed by atoms with van der Waals surface area (Å²) in [6.45, 7) is 17.9. The molecule has 2 atom stereocenters. The first kappa shape index (κ1) is 24.7. The Balaban J connectivity index is 0.000000279. The van der Waals surface area contributed by atoms with Gasteiger partial charge in [0.1, 0.15) is 0 Å². The Morgan fingerprint density at radius 1 is 0.963 bits per heavy atom. The van der Waals surface area contributed by atoms with Crippen LogP contribution in [0.2, 0.25) is 0 Å². The summed E-state index contributed by atoms with van der Waals surface area (Å²) in [5.41, 5.74) is 3.43. The molecule has 2 unspecified atom stereocenters. The van der Waals surface area contributed by atoms with Gasteiger partial charge in [-0.1, -0.05) is 90.7 Å². The van der Waals surface area contributed by atoms with E-state index in [4.69, 9.17) is 0 Å². The van der Waals surface area contributed by atoms with Crippen LogP contribution in [0.15, 0.2) is 11.1 Å². The Morgan fingerprint density at radius 2 is 1.63 bits per heavy atom. The number of rotatable bonds is 10. The lowest BCUT2D eigenvalue weighted by Crippen LogP contribution is -2.35. The van der Waals surface area contributed by atoms with Crippen molar-refractivity contribution >= 4 is 0 Å². The fourth-order valence-corrected chi connectivity index (χ4v) is 4.47. The minimum Gasteiger partial charge on any atom is -0.299 e. The summed E-state index contributed by atoms with van der Waals surface area (Å²) < 4.78 is 0. The molecule has 1 aliphatic heterocycles. The van der Waals surface area contributed by atoms with Gasteiger partial charge in [-0.3, -0.25) is 4.90 Å². The first-order chi connectivity index (χ1) is 13.0. The third-order valence-electron chi connectivity index (χ3n) is 7.34. The third-order valence-corrected chi connectivity index (χ3v) is 7.34. The van der Waals surface area contributed by atoms with Crippen molar-refractivity contribution in [3.63, 3.8) is 0 Å². The molecule has 0 aromatic carbocycles. The fraction of sp³-hybridized carbons (Fsp3) is 0.923. The van der Waals surface area contributed by atoms with E-state index < -0.39 is 0 Å². The second-order valence-electron chi connectivity index (χ2n) is 9.52. The quantitative estimate of drug-likeness (QED) is 0.346. The van der Waals surface area contributed by atoms with E-state index in [2.05, 4.69) is 46.4 Å². The van der Waals surface area contributed by atoms with Gasteiger partial charge in [0, 0.05) is 6.54 Å². The number of nitrogens with zero attached hydrogens (tertiary/aromatic N) is 1.